The number of carbonyl (C=O) groups excluding carboxylic acids is 1. The second-order valence-electron chi connectivity index (χ2n) is 5.23. The third-order valence-electron chi connectivity index (χ3n) is 3.80. The number of rotatable bonds is 2. The van der Waals surface area contributed by atoms with E-state index in [0.29, 0.717) is 18.3 Å². The van der Waals surface area contributed by atoms with E-state index < -0.39 is 0 Å². The van der Waals surface area contributed by atoms with E-state index in [4.69, 9.17) is 4.74 Å². The molecule has 2 heteroatoms. The molecular weight excluding hydrogens is 176 g/mol. The first-order valence-corrected chi connectivity index (χ1v) is 5.79. The SMILES string of the molecule is CC1(C)C(=O)CC1OC1CCCCC1. The highest BCUT2D eigenvalue weighted by molar-refractivity contribution is 5.91. The Morgan fingerprint density at radius 3 is 2.36 bits per heavy atom. The molecule has 0 aromatic carbocycles. The van der Waals surface area contributed by atoms with Crippen LogP contribution in [0.25, 0.3) is 0 Å². The Balaban J connectivity index is 1.83. The predicted molar refractivity (Wildman–Crippen MR) is 55.2 cm³/mol. The maximum atomic E-state index is 11.3. The van der Waals surface area contributed by atoms with Gasteiger partial charge in [0.15, 0.2) is 0 Å². The summed E-state index contributed by atoms with van der Waals surface area (Å²) >= 11 is 0. The normalized spacial score (nSPS) is 32.7. The number of ketones is 1. The van der Waals surface area contributed by atoms with Crippen LogP contribution in [0.4, 0.5) is 0 Å². The van der Waals surface area contributed by atoms with Crippen molar-refractivity contribution in [3.05, 3.63) is 0 Å². The van der Waals surface area contributed by atoms with E-state index in [0.717, 1.165) is 0 Å². The molecule has 0 heterocycles. The minimum Gasteiger partial charge on any atom is -0.374 e. The van der Waals surface area contributed by atoms with Crippen LogP contribution in [0.5, 0.6) is 0 Å². The smallest absolute Gasteiger partial charge is 0.143 e. The van der Waals surface area contributed by atoms with E-state index in [1.165, 1.54) is 32.1 Å². The Labute approximate surface area is 86.0 Å². The summed E-state index contributed by atoms with van der Waals surface area (Å²) in [6.07, 6.45) is 7.61. The summed E-state index contributed by atoms with van der Waals surface area (Å²) in [7, 11) is 0. The largest absolute Gasteiger partial charge is 0.374 e. The summed E-state index contributed by atoms with van der Waals surface area (Å²) in [4.78, 5) is 11.3. The molecule has 0 radical (unpaired) electrons. The average Bonchev–Trinajstić information content (AvgIpc) is 2.19. The second-order valence-corrected chi connectivity index (χ2v) is 5.23. The van der Waals surface area contributed by atoms with E-state index in [-0.39, 0.29) is 11.5 Å². The standard InChI is InChI=1S/C12H20O2/c1-12(2)10(13)8-11(12)14-9-6-4-3-5-7-9/h9,11H,3-8H2,1-2H3. The van der Waals surface area contributed by atoms with Crippen molar-refractivity contribution in [1.29, 1.82) is 0 Å². The van der Waals surface area contributed by atoms with Crippen molar-refractivity contribution < 1.29 is 9.53 Å². The highest BCUT2D eigenvalue weighted by Crippen LogP contribution is 2.40. The van der Waals surface area contributed by atoms with Gasteiger partial charge in [0.2, 0.25) is 0 Å². The lowest BCUT2D eigenvalue weighted by Crippen LogP contribution is -2.52. The van der Waals surface area contributed by atoms with E-state index >= 15 is 0 Å². The molecule has 0 aromatic rings. The quantitative estimate of drug-likeness (QED) is 0.678. The van der Waals surface area contributed by atoms with E-state index in [2.05, 4.69) is 0 Å². The molecule has 2 aliphatic carbocycles. The minimum atomic E-state index is -0.211. The molecule has 1 atom stereocenters. The van der Waals surface area contributed by atoms with Gasteiger partial charge in [-0.3, -0.25) is 4.79 Å². The van der Waals surface area contributed by atoms with Crippen molar-refractivity contribution in [2.75, 3.05) is 0 Å². The topological polar surface area (TPSA) is 26.3 Å². The van der Waals surface area contributed by atoms with Crippen LogP contribution in [0.2, 0.25) is 0 Å². The molecule has 0 N–H and O–H groups in total. The molecule has 0 spiro atoms. The van der Waals surface area contributed by atoms with Crippen molar-refractivity contribution in [2.24, 2.45) is 5.41 Å². The summed E-state index contributed by atoms with van der Waals surface area (Å²) in [5.41, 5.74) is -0.211. The fourth-order valence-electron chi connectivity index (χ4n) is 2.39. The molecular formula is C12H20O2. The average molecular weight is 196 g/mol. The van der Waals surface area contributed by atoms with Crippen LogP contribution < -0.4 is 0 Å². The number of hydrogen-bond donors (Lipinski definition) is 0. The first kappa shape index (κ1) is 10.2. The molecule has 0 saturated heterocycles. The molecule has 2 aliphatic rings. The molecule has 0 aromatic heterocycles. The zero-order chi connectivity index (χ0) is 10.2. The van der Waals surface area contributed by atoms with Gasteiger partial charge in [-0.25, -0.2) is 0 Å². The maximum Gasteiger partial charge on any atom is 0.143 e. The summed E-state index contributed by atoms with van der Waals surface area (Å²) < 4.78 is 5.99. The van der Waals surface area contributed by atoms with E-state index in [1.807, 2.05) is 13.8 Å². The molecule has 0 bridgehead atoms. The minimum absolute atomic E-state index is 0.193. The summed E-state index contributed by atoms with van der Waals surface area (Å²) in [5.74, 6) is 0.360. The maximum absolute atomic E-state index is 11.3. The third kappa shape index (κ3) is 1.72. The Kier molecular flexibility index (Phi) is 2.65. The van der Waals surface area contributed by atoms with Crippen molar-refractivity contribution in [1.82, 2.24) is 0 Å². The fraction of sp³-hybridized carbons (Fsp3) is 0.917. The van der Waals surface area contributed by atoms with Gasteiger partial charge in [-0.15, -0.1) is 0 Å². The third-order valence-corrected chi connectivity index (χ3v) is 3.80. The van der Waals surface area contributed by atoms with Crippen LogP contribution in [0, 0.1) is 5.41 Å². The number of ether oxygens (including phenoxy) is 1. The van der Waals surface area contributed by atoms with Crippen molar-refractivity contribution in [2.45, 2.75) is 64.6 Å². The molecule has 2 fully saturated rings. The fourth-order valence-corrected chi connectivity index (χ4v) is 2.39. The number of carbonyl (C=O) groups is 1. The molecule has 0 amide bonds. The van der Waals surface area contributed by atoms with Crippen LogP contribution in [0.3, 0.4) is 0 Å². The van der Waals surface area contributed by atoms with Crippen LogP contribution in [0.1, 0.15) is 52.4 Å². The summed E-state index contributed by atoms with van der Waals surface area (Å²) in [6.45, 7) is 4.01. The number of Topliss-reactive ketones (excluding diaryl/α,β-unsaturated/α-hetero) is 1. The van der Waals surface area contributed by atoms with Crippen LogP contribution in [-0.2, 0) is 9.53 Å². The van der Waals surface area contributed by atoms with Crippen LogP contribution in [-0.4, -0.2) is 18.0 Å². The van der Waals surface area contributed by atoms with Gasteiger partial charge >= 0.3 is 0 Å². The highest BCUT2D eigenvalue weighted by Gasteiger charge is 2.48. The van der Waals surface area contributed by atoms with Gasteiger partial charge in [-0.05, 0) is 12.8 Å². The summed E-state index contributed by atoms with van der Waals surface area (Å²) in [6, 6.07) is 0. The van der Waals surface area contributed by atoms with Gasteiger partial charge in [0, 0.05) is 6.42 Å². The summed E-state index contributed by atoms with van der Waals surface area (Å²) in [5, 5.41) is 0. The first-order chi connectivity index (χ1) is 6.60. The molecule has 2 rings (SSSR count). The number of hydrogen-bond acceptors (Lipinski definition) is 2. The molecule has 1 unspecified atom stereocenters. The molecule has 80 valence electrons. The monoisotopic (exact) mass is 196 g/mol. The zero-order valence-corrected chi connectivity index (χ0v) is 9.21. The molecule has 14 heavy (non-hydrogen) atoms. The molecule has 2 saturated carbocycles. The Bertz CT molecular complexity index is 226. The van der Waals surface area contributed by atoms with Gasteiger partial charge in [0.05, 0.1) is 17.6 Å². The highest BCUT2D eigenvalue weighted by atomic mass is 16.5. The Morgan fingerprint density at radius 2 is 1.86 bits per heavy atom. The van der Waals surface area contributed by atoms with Gasteiger partial charge in [-0.1, -0.05) is 33.1 Å². The van der Waals surface area contributed by atoms with Crippen molar-refractivity contribution in [3.63, 3.8) is 0 Å². The van der Waals surface area contributed by atoms with Crippen LogP contribution >= 0.6 is 0 Å². The zero-order valence-electron chi connectivity index (χ0n) is 9.21. The van der Waals surface area contributed by atoms with E-state index in [9.17, 15) is 4.79 Å². The molecule has 2 nitrogen and oxygen atoms in total. The Hall–Kier alpha value is -0.370. The van der Waals surface area contributed by atoms with Gasteiger partial charge in [0.25, 0.3) is 0 Å². The lowest BCUT2D eigenvalue weighted by Gasteiger charge is -2.44. The van der Waals surface area contributed by atoms with E-state index in [1.54, 1.807) is 0 Å². The Morgan fingerprint density at radius 1 is 1.21 bits per heavy atom. The van der Waals surface area contributed by atoms with Crippen LogP contribution in [0.15, 0.2) is 0 Å². The molecule has 0 aliphatic heterocycles. The first-order valence-electron chi connectivity index (χ1n) is 5.79. The van der Waals surface area contributed by atoms with Gasteiger partial charge < -0.3 is 4.74 Å². The van der Waals surface area contributed by atoms with Crippen molar-refractivity contribution in [3.8, 4) is 0 Å². The lowest BCUT2D eigenvalue weighted by molar-refractivity contribution is -0.168. The predicted octanol–water partition coefficient (Wildman–Crippen LogP) is 2.70. The van der Waals surface area contributed by atoms with Gasteiger partial charge in [-0.2, -0.15) is 0 Å². The van der Waals surface area contributed by atoms with Gasteiger partial charge in [0.1, 0.15) is 5.78 Å². The lowest BCUT2D eigenvalue weighted by atomic mass is 9.67. The van der Waals surface area contributed by atoms with Crippen molar-refractivity contribution >= 4 is 5.78 Å². The second kappa shape index (κ2) is 3.65.